The maximum Gasteiger partial charge on any atom is 0.314 e. The van der Waals surface area contributed by atoms with Gasteiger partial charge in [-0.15, -0.1) is 0 Å². The van der Waals surface area contributed by atoms with Gasteiger partial charge in [0.2, 0.25) is 0 Å². The van der Waals surface area contributed by atoms with E-state index < -0.39 is 218 Å². The number of fused-ring (bicyclic) bond motifs is 4. The molecule has 1 spiro atoms. The van der Waals surface area contributed by atoms with Crippen LogP contribution in [0.4, 0.5) is 0 Å². The summed E-state index contributed by atoms with van der Waals surface area (Å²) in [6, 6.07) is 0. The number of esters is 3. The molecule has 32 unspecified atom stereocenters. The van der Waals surface area contributed by atoms with E-state index in [-0.39, 0.29) is 30.3 Å². The van der Waals surface area contributed by atoms with Crippen LogP contribution in [0.1, 0.15) is 121 Å². The van der Waals surface area contributed by atoms with Crippen LogP contribution in [0, 0.1) is 45.3 Å². The van der Waals surface area contributed by atoms with Gasteiger partial charge in [-0.25, -0.2) is 0 Å². The van der Waals surface area contributed by atoms with Gasteiger partial charge in [0.25, 0.3) is 0 Å². The molecule has 0 bridgehead atoms. The third-order valence-electron chi connectivity index (χ3n) is 22.4. The Balaban J connectivity index is 0.870. The van der Waals surface area contributed by atoms with Crippen LogP contribution in [-0.4, -0.2) is 267 Å². The van der Waals surface area contributed by atoms with E-state index in [1.807, 2.05) is 6.92 Å². The molecule has 9 fully saturated rings. The summed E-state index contributed by atoms with van der Waals surface area (Å²) < 4.78 is 84.7. The van der Waals surface area contributed by atoms with Crippen LogP contribution in [0.5, 0.6) is 0 Å². The Morgan fingerprint density at radius 3 is 1.92 bits per heavy atom. The van der Waals surface area contributed by atoms with E-state index in [0.717, 1.165) is 0 Å². The van der Waals surface area contributed by atoms with Gasteiger partial charge in [0.15, 0.2) is 37.1 Å². The van der Waals surface area contributed by atoms with Crippen LogP contribution in [0.15, 0.2) is 11.6 Å². The van der Waals surface area contributed by atoms with Gasteiger partial charge >= 0.3 is 17.9 Å². The second kappa shape index (κ2) is 26.7. The number of hydrogen-bond acceptors (Lipinski definition) is 28. The van der Waals surface area contributed by atoms with Gasteiger partial charge in [-0.2, -0.15) is 0 Å². The molecule has 10 aliphatic rings. The van der Waals surface area contributed by atoms with Crippen LogP contribution in [0.2, 0.25) is 0 Å². The Bertz CT molecular complexity index is 2560. The molecule has 0 amide bonds. The lowest BCUT2D eigenvalue weighted by Gasteiger charge is -2.63. The molecule has 0 radical (unpaired) electrons. The van der Waals surface area contributed by atoms with Crippen molar-refractivity contribution in [1.29, 1.82) is 0 Å². The monoisotopic (exact) mass is 1290 g/mol. The Labute approximate surface area is 523 Å². The number of methoxy groups -OCH3 is 1. The van der Waals surface area contributed by atoms with E-state index in [0.29, 0.717) is 51.4 Å². The Morgan fingerprint density at radius 1 is 0.644 bits per heavy atom. The Kier molecular flexibility index (Phi) is 20.8. The van der Waals surface area contributed by atoms with Crippen molar-refractivity contribution in [2.45, 2.75) is 280 Å². The molecule has 32 atom stereocenters. The maximum absolute atomic E-state index is 15.0. The van der Waals surface area contributed by atoms with Gasteiger partial charge in [0.1, 0.15) is 110 Å². The molecule has 28 heteroatoms. The number of ether oxygens (including phenoxy) is 14. The molecule has 6 saturated heterocycles. The van der Waals surface area contributed by atoms with Crippen molar-refractivity contribution < 1.29 is 137 Å². The molecule has 0 aromatic rings. The standard InChI is InChI=1S/C62H98O28/c1-25(2)12-15-38(83-28(5)65)61(10)51-33(82-27(4)64)20-60(9)30-13-14-36-58(6,7)37(17-18-59(36,8)29(30)16-19-62(51,60)57(76)90-61)86-56-50(41(70)35(24-80-56)85-52-43(72)39(68)31(66)22-78-52)89-54-44(73)42(71)47(26(3)81-54)87-53-45(74)48(32(67)23-79-53)88-55-46(75)49(77-11)40(69)34(21-63)84-55/h16,25-26,30-56,63,66-75H,12-15,17-24H2,1-11H3. The predicted molar refractivity (Wildman–Crippen MR) is 303 cm³/mol. The highest BCUT2D eigenvalue weighted by molar-refractivity contribution is 5.84. The van der Waals surface area contributed by atoms with E-state index in [2.05, 4.69) is 47.6 Å². The van der Waals surface area contributed by atoms with Crippen LogP contribution in [0.3, 0.4) is 0 Å². The smallest absolute Gasteiger partial charge is 0.314 e. The fraction of sp³-hybridized carbons (Fsp3) is 0.919. The van der Waals surface area contributed by atoms with E-state index in [9.17, 15) is 65.8 Å². The number of rotatable bonds is 18. The SMILES string of the molecule is COC1C(O)C(CO)OC(OC2C(O)COC(OC3C(C)OC(OC4C(OC5CCC6(C)C7=CCC89C(=O)OC(C)(C(CCC(C)C)OC(C)=O)C8C(OC(C)=O)CC9(C)C7CCC6C5(C)C)OCC(OC5OCC(O)C(O)C5O)C4O)C(O)C3O)C2O)C1O. The summed E-state index contributed by atoms with van der Waals surface area (Å²) >= 11 is 0. The van der Waals surface area contributed by atoms with Crippen LogP contribution in [-0.2, 0) is 80.7 Å². The van der Waals surface area contributed by atoms with Crippen LogP contribution < -0.4 is 0 Å². The number of hydrogen-bond donors (Lipinski definition) is 11. The number of carbonyl (C=O) groups is 3. The first kappa shape index (κ1) is 70.1. The fourth-order valence-electron chi connectivity index (χ4n) is 17.7. The highest BCUT2D eigenvalue weighted by Gasteiger charge is 2.81. The number of cyclic esters (lactones) is 1. The molecular weight excluding hydrogens is 1190 g/mol. The van der Waals surface area contributed by atoms with Gasteiger partial charge in [-0.3, -0.25) is 14.4 Å². The topological polar surface area (TPSA) is 403 Å². The van der Waals surface area contributed by atoms with Crippen molar-refractivity contribution in [3.63, 3.8) is 0 Å². The molecule has 0 aromatic heterocycles. The second-order valence-corrected chi connectivity index (χ2v) is 28.6. The number of aliphatic hydroxyl groups excluding tert-OH is 11. The lowest BCUT2D eigenvalue weighted by atomic mass is 9.41. The first-order chi connectivity index (χ1) is 42.3. The minimum absolute atomic E-state index is 0.0396. The average molecular weight is 1290 g/mol. The normalized spacial score (nSPS) is 50.4. The van der Waals surface area contributed by atoms with Gasteiger partial charge in [-0.05, 0) is 99.2 Å². The van der Waals surface area contributed by atoms with Gasteiger partial charge in [0, 0.05) is 21.0 Å². The molecule has 0 aromatic carbocycles. The minimum atomic E-state index is -1.95. The first-order valence-electron chi connectivity index (χ1n) is 31.9. The van der Waals surface area contributed by atoms with Crippen molar-refractivity contribution in [1.82, 2.24) is 0 Å². The van der Waals surface area contributed by atoms with Crippen molar-refractivity contribution in [2.24, 2.45) is 45.3 Å². The zero-order chi connectivity index (χ0) is 65.6. The Hall–Kier alpha value is -2.73. The van der Waals surface area contributed by atoms with Crippen molar-refractivity contribution >= 4 is 17.9 Å². The molecule has 6 aliphatic heterocycles. The molecule has 4 aliphatic carbocycles. The first-order valence-corrected chi connectivity index (χ1v) is 31.9. The third kappa shape index (κ3) is 12.1. The summed E-state index contributed by atoms with van der Waals surface area (Å²) in [6.45, 7) is 16.8. The lowest BCUT2D eigenvalue weighted by Crippen LogP contribution is -2.66. The van der Waals surface area contributed by atoms with E-state index in [4.69, 9.17) is 66.3 Å². The number of carbonyl (C=O) groups excluding carboxylic acids is 3. The third-order valence-corrected chi connectivity index (χ3v) is 22.4. The summed E-state index contributed by atoms with van der Waals surface area (Å²) in [5, 5.41) is 121. The van der Waals surface area contributed by atoms with Crippen molar-refractivity contribution in [3.8, 4) is 0 Å². The van der Waals surface area contributed by atoms with Crippen molar-refractivity contribution in [3.05, 3.63) is 11.6 Å². The highest BCUT2D eigenvalue weighted by atomic mass is 16.8. The van der Waals surface area contributed by atoms with Gasteiger partial charge < -0.3 is 122 Å². The molecule has 90 heavy (non-hydrogen) atoms. The largest absolute Gasteiger partial charge is 0.462 e. The minimum Gasteiger partial charge on any atom is -0.462 e. The van der Waals surface area contributed by atoms with E-state index >= 15 is 4.79 Å². The van der Waals surface area contributed by atoms with Gasteiger partial charge in [0.05, 0.1) is 50.0 Å². The fourth-order valence-corrected chi connectivity index (χ4v) is 17.7. The summed E-state index contributed by atoms with van der Waals surface area (Å²) in [5.41, 5.74) is -3.03. The predicted octanol–water partition coefficient (Wildman–Crippen LogP) is -1.12. The molecule has 6 heterocycles. The molecule has 28 nitrogen and oxygen atoms in total. The Morgan fingerprint density at radius 2 is 1.27 bits per heavy atom. The molecule has 11 N–H and O–H groups in total. The molecule has 3 saturated carbocycles. The number of allylic oxidation sites excluding steroid dienone is 2. The summed E-state index contributed by atoms with van der Waals surface area (Å²) in [7, 11) is 1.21. The van der Waals surface area contributed by atoms with Gasteiger partial charge in [-0.1, -0.05) is 53.2 Å². The summed E-state index contributed by atoms with van der Waals surface area (Å²) in [4.78, 5) is 40.8. The number of aliphatic hydroxyl groups is 11. The van der Waals surface area contributed by atoms with Crippen LogP contribution in [0.25, 0.3) is 0 Å². The lowest BCUT2D eigenvalue weighted by molar-refractivity contribution is -0.388. The zero-order valence-corrected chi connectivity index (χ0v) is 53.2. The average Bonchev–Trinajstić information content (AvgIpc) is 1.47. The quantitative estimate of drug-likeness (QED) is 0.0335. The summed E-state index contributed by atoms with van der Waals surface area (Å²) in [5.74, 6) is -1.91. The molecule has 514 valence electrons. The maximum atomic E-state index is 15.0. The van der Waals surface area contributed by atoms with Crippen molar-refractivity contribution in [2.75, 3.05) is 33.5 Å². The van der Waals surface area contributed by atoms with Crippen LogP contribution >= 0.6 is 0 Å². The molecule has 10 rings (SSSR count). The van der Waals surface area contributed by atoms with E-state index in [1.165, 1.54) is 33.5 Å². The van der Waals surface area contributed by atoms with E-state index in [1.54, 1.807) is 0 Å². The molecular formula is C62H98O28. The second-order valence-electron chi connectivity index (χ2n) is 28.6. The summed E-state index contributed by atoms with van der Waals surface area (Å²) in [6.07, 6.45) is -30.2. The highest BCUT2D eigenvalue weighted by Crippen LogP contribution is 2.76. The zero-order valence-electron chi connectivity index (χ0n) is 53.2.